The van der Waals surface area contributed by atoms with E-state index in [1.54, 1.807) is 0 Å². The van der Waals surface area contributed by atoms with Crippen LogP contribution >= 0.6 is 0 Å². The van der Waals surface area contributed by atoms with Crippen molar-refractivity contribution in [3.63, 3.8) is 0 Å². The molecule has 1 aliphatic heterocycles. The van der Waals surface area contributed by atoms with E-state index in [9.17, 15) is 0 Å². The molecule has 0 spiro atoms. The second kappa shape index (κ2) is 5.18. The number of nitriles is 1. The van der Waals surface area contributed by atoms with E-state index in [0.717, 1.165) is 11.5 Å². The summed E-state index contributed by atoms with van der Waals surface area (Å²) in [4.78, 5) is 6.13. The molecule has 3 nitrogen and oxygen atoms in total. The molecule has 1 fully saturated rings. The van der Waals surface area contributed by atoms with Crippen molar-refractivity contribution in [2.75, 3.05) is 4.90 Å². The van der Waals surface area contributed by atoms with E-state index < -0.39 is 0 Å². The van der Waals surface area contributed by atoms with E-state index >= 15 is 0 Å². The van der Waals surface area contributed by atoms with Crippen LogP contribution in [0.15, 0.2) is 65.7 Å². The van der Waals surface area contributed by atoms with Crippen LogP contribution in [0.5, 0.6) is 0 Å². The lowest BCUT2D eigenvalue weighted by Crippen LogP contribution is -2.54. The second-order valence-electron chi connectivity index (χ2n) is 4.92. The molecule has 0 aliphatic carbocycles. The quantitative estimate of drug-likeness (QED) is 0.772. The maximum absolute atomic E-state index is 8.88. The molecule has 20 heavy (non-hydrogen) atoms. The van der Waals surface area contributed by atoms with Crippen LogP contribution in [0.2, 0.25) is 0 Å². The van der Waals surface area contributed by atoms with Crippen molar-refractivity contribution in [1.29, 1.82) is 5.26 Å². The molecule has 0 radical (unpaired) electrons. The molecule has 2 aromatic rings. The summed E-state index contributed by atoms with van der Waals surface area (Å²) in [6.07, 6.45) is 1.92. The Morgan fingerprint density at radius 3 is 2.20 bits per heavy atom. The Morgan fingerprint density at radius 1 is 1.00 bits per heavy atom. The number of benzene rings is 2. The molecule has 98 valence electrons. The van der Waals surface area contributed by atoms with Crippen molar-refractivity contribution in [3.8, 4) is 6.19 Å². The fourth-order valence-electron chi connectivity index (χ4n) is 2.82. The minimum absolute atomic E-state index is 0.241. The minimum Gasteiger partial charge on any atom is -0.321 e. The van der Waals surface area contributed by atoms with E-state index in [4.69, 9.17) is 5.26 Å². The van der Waals surface area contributed by atoms with Gasteiger partial charge in [-0.2, -0.15) is 10.3 Å². The molecule has 1 saturated heterocycles. The Kier molecular flexibility index (Phi) is 3.22. The van der Waals surface area contributed by atoms with Crippen molar-refractivity contribution in [2.45, 2.75) is 13.0 Å². The average Bonchev–Trinajstić information content (AvgIpc) is 2.51. The lowest BCUT2D eigenvalue weighted by Gasteiger charge is -2.48. The SMILES string of the molecule is C[C@@H]1C(=NC#N)N(c2ccccc2)[C@@H]1c1ccccc1. The summed E-state index contributed by atoms with van der Waals surface area (Å²) in [6.45, 7) is 2.12. The predicted octanol–water partition coefficient (Wildman–Crippen LogP) is 3.76. The first-order valence-electron chi connectivity index (χ1n) is 6.69. The van der Waals surface area contributed by atoms with Crippen LogP contribution in [0.1, 0.15) is 18.5 Å². The largest absolute Gasteiger partial charge is 0.321 e. The zero-order valence-corrected chi connectivity index (χ0v) is 11.3. The summed E-state index contributed by atoms with van der Waals surface area (Å²) in [5.41, 5.74) is 2.33. The van der Waals surface area contributed by atoms with Crippen LogP contribution in [0, 0.1) is 17.4 Å². The van der Waals surface area contributed by atoms with E-state index in [1.807, 2.05) is 42.6 Å². The van der Waals surface area contributed by atoms with Gasteiger partial charge in [0.25, 0.3) is 0 Å². The highest BCUT2D eigenvalue weighted by atomic mass is 15.3. The van der Waals surface area contributed by atoms with Gasteiger partial charge in [0.15, 0.2) is 0 Å². The second-order valence-corrected chi connectivity index (χ2v) is 4.92. The predicted molar refractivity (Wildman–Crippen MR) is 80.3 cm³/mol. The number of aliphatic imine (C=N–C) groups is 1. The molecule has 2 atom stereocenters. The van der Waals surface area contributed by atoms with Crippen molar-refractivity contribution in [2.24, 2.45) is 10.9 Å². The van der Waals surface area contributed by atoms with Crippen molar-refractivity contribution in [1.82, 2.24) is 0 Å². The first-order chi connectivity index (χ1) is 9.83. The normalized spacial score (nSPS) is 23.2. The van der Waals surface area contributed by atoms with Gasteiger partial charge in [0.05, 0.1) is 6.04 Å². The number of anilines is 1. The molecule has 0 N–H and O–H groups in total. The summed E-state index contributed by atoms with van der Waals surface area (Å²) in [6, 6.07) is 20.7. The number of nitrogens with zero attached hydrogens (tertiary/aromatic N) is 3. The van der Waals surface area contributed by atoms with E-state index in [-0.39, 0.29) is 12.0 Å². The van der Waals surface area contributed by atoms with Crippen LogP contribution in [-0.2, 0) is 0 Å². The van der Waals surface area contributed by atoms with E-state index in [0.29, 0.717) is 0 Å². The molecule has 1 heterocycles. The highest BCUT2D eigenvalue weighted by molar-refractivity contribution is 6.07. The number of hydrogen-bond acceptors (Lipinski definition) is 2. The summed E-state index contributed by atoms with van der Waals surface area (Å²) >= 11 is 0. The summed E-state index contributed by atoms with van der Waals surface area (Å²) < 4.78 is 0. The van der Waals surface area contributed by atoms with Crippen molar-refractivity contribution >= 4 is 11.5 Å². The van der Waals surface area contributed by atoms with Crippen LogP contribution in [0.3, 0.4) is 0 Å². The molecule has 0 saturated carbocycles. The Labute approximate surface area is 118 Å². The van der Waals surface area contributed by atoms with E-state index in [1.165, 1.54) is 5.56 Å². The van der Waals surface area contributed by atoms with Crippen molar-refractivity contribution in [3.05, 3.63) is 66.2 Å². The molecule has 3 heteroatoms. The van der Waals surface area contributed by atoms with Gasteiger partial charge in [-0.15, -0.1) is 0 Å². The minimum atomic E-state index is 0.241. The molecular weight excluding hydrogens is 246 g/mol. The third kappa shape index (κ3) is 1.96. The monoisotopic (exact) mass is 261 g/mol. The Hall–Kier alpha value is -2.60. The third-order valence-corrected chi connectivity index (χ3v) is 3.75. The summed E-state index contributed by atoms with van der Waals surface area (Å²) in [5.74, 6) is 1.09. The molecule has 0 bridgehead atoms. The standard InChI is InChI=1S/C17H15N3/c1-13-16(14-8-4-2-5-9-14)20(17(13)19-12-18)15-10-6-3-7-11-15/h2-11,13,16H,1H3/t13-,16-/m0/s1. The third-order valence-electron chi connectivity index (χ3n) is 3.75. The van der Waals surface area contributed by atoms with Crippen LogP contribution in [0.25, 0.3) is 0 Å². The molecule has 0 aromatic heterocycles. The Bertz CT molecular complexity index is 656. The maximum atomic E-state index is 8.88. The van der Waals surface area contributed by atoms with Gasteiger partial charge in [0.2, 0.25) is 6.19 Å². The first-order valence-corrected chi connectivity index (χ1v) is 6.69. The number of rotatable bonds is 2. The molecule has 3 rings (SSSR count). The van der Waals surface area contributed by atoms with E-state index in [2.05, 4.69) is 41.1 Å². The maximum Gasteiger partial charge on any atom is 0.207 e. The molecule has 0 amide bonds. The van der Waals surface area contributed by atoms with Gasteiger partial charge in [-0.3, -0.25) is 0 Å². The number of hydrogen-bond donors (Lipinski definition) is 0. The lowest BCUT2D eigenvalue weighted by molar-refractivity contribution is 0.501. The highest BCUT2D eigenvalue weighted by Crippen LogP contribution is 2.43. The van der Waals surface area contributed by atoms with Gasteiger partial charge < -0.3 is 4.90 Å². The molecule has 0 unspecified atom stereocenters. The van der Waals surface area contributed by atoms with Crippen LogP contribution in [-0.4, -0.2) is 5.84 Å². The average molecular weight is 261 g/mol. The molecular formula is C17H15N3. The smallest absolute Gasteiger partial charge is 0.207 e. The Balaban J connectivity index is 2.02. The topological polar surface area (TPSA) is 39.4 Å². The Morgan fingerprint density at radius 2 is 1.60 bits per heavy atom. The summed E-state index contributed by atoms with van der Waals surface area (Å²) in [5, 5.41) is 8.88. The lowest BCUT2D eigenvalue weighted by atomic mass is 9.82. The summed E-state index contributed by atoms with van der Waals surface area (Å²) in [7, 11) is 0. The zero-order valence-electron chi connectivity index (χ0n) is 11.3. The highest BCUT2D eigenvalue weighted by Gasteiger charge is 2.43. The van der Waals surface area contributed by atoms with Gasteiger partial charge in [-0.25, -0.2) is 0 Å². The molecule has 2 aromatic carbocycles. The van der Waals surface area contributed by atoms with Gasteiger partial charge in [0.1, 0.15) is 5.84 Å². The van der Waals surface area contributed by atoms with Crippen molar-refractivity contribution < 1.29 is 0 Å². The fourth-order valence-corrected chi connectivity index (χ4v) is 2.82. The van der Waals surface area contributed by atoms with Crippen LogP contribution < -0.4 is 4.90 Å². The molecule has 1 aliphatic rings. The van der Waals surface area contributed by atoms with Gasteiger partial charge in [-0.05, 0) is 17.7 Å². The number of amidine groups is 1. The number of para-hydroxylation sites is 1. The fraction of sp³-hybridized carbons (Fsp3) is 0.176. The van der Waals surface area contributed by atoms with Gasteiger partial charge in [-0.1, -0.05) is 55.5 Å². The van der Waals surface area contributed by atoms with Gasteiger partial charge >= 0.3 is 0 Å². The van der Waals surface area contributed by atoms with Crippen LogP contribution in [0.4, 0.5) is 5.69 Å². The first kappa shape index (κ1) is 12.4. The zero-order chi connectivity index (χ0) is 13.9. The van der Waals surface area contributed by atoms with Gasteiger partial charge in [0, 0.05) is 11.6 Å².